The highest BCUT2D eigenvalue weighted by molar-refractivity contribution is 7.89. The molecule has 106 valence electrons. The van der Waals surface area contributed by atoms with E-state index in [9.17, 15) is 12.8 Å². The Morgan fingerprint density at radius 2 is 2.26 bits per heavy atom. The predicted octanol–water partition coefficient (Wildman–Crippen LogP) is 0.742. The van der Waals surface area contributed by atoms with E-state index >= 15 is 0 Å². The summed E-state index contributed by atoms with van der Waals surface area (Å²) in [6.45, 7) is 0.984. The summed E-state index contributed by atoms with van der Waals surface area (Å²) in [5.74, 6) is -0.498. The van der Waals surface area contributed by atoms with Crippen LogP contribution in [0.3, 0.4) is 0 Å². The van der Waals surface area contributed by atoms with Crippen LogP contribution in [-0.2, 0) is 21.3 Å². The van der Waals surface area contributed by atoms with Crippen LogP contribution >= 0.6 is 0 Å². The molecule has 1 fully saturated rings. The topological polar surface area (TPSA) is 81.4 Å². The zero-order valence-electron chi connectivity index (χ0n) is 10.4. The number of benzene rings is 1. The molecule has 1 aromatic rings. The maximum Gasteiger partial charge on any atom is 0.240 e. The van der Waals surface area contributed by atoms with Crippen LogP contribution in [0.4, 0.5) is 4.39 Å². The molecule has 1 saturated heterocycles. The maximum absolute atomic E-state index is 13.3. The minimum absolute atomic E-state index is 0.0277. The lowest BCUT2D eigenvalue weighted by Gasteiger charge is -2.23. The van der Waals surface area contributed by atoms with E-state index < -0.39 is 15.8 Å². The molecule has 19 heavy (non-hydrogen) atoms. The van der Waals surface area contributed by atoms with E-state index in [1.54, 1.807) is 0 Å². The molecule has 0 saturated carbocycles. The van der Waals surface area contributed by atoms with Gasteiger partial charge in [0, 0.05) is 24.8 Å². The number of hydrogen-bond acceptors (Lipinski definition) is 4. The second kappa shape index (κ2) is 5.96. The molecular weight excluding hydrogens is 271 g/mol. The molecule has 0 bridgehead atoms. The van der Waals surface area contributed by atoms with Gasteiger partial charge in [0.15, 0.2) is 0 Å². The molecule has 3 N–H and O–H groups in total. The average Bonchev–Trinajstić information content (AvgIpc) is 2.39. The summed E-state index contributed by atoms with van der Waals surface area (Å²) in [6.07, 6.45) is 1.56. The quantitative estimate of drug-likeness (QED) is 0.856. The molecule has 1 atom stereocenters. The molecule has 1 heterocycles. The van der Waals surface area contributed by atoms with Gasteiger partial charge in [0.25, 0.3) is 0 Å². The monoisotopic (exact) mass is 288 g/mol. The zero-order chi connectivity index (χ0) is 13.9. The van der Waals surface area contributed by atoms with Crippen LogP contribution in [0, 0.1) is 5.82 Å². The number of ether oxygens (including phenoxy) is 1. The highest BCUT2D eigenvalue weighted by atomic mass is 32.2. The predicted molar refractivity (Wildman–Crippen MR) is 68.5 cm³/mol. The van der Waals surface area contributed by atoms with Crippen molar-refractivity contribution in [3.63, 3.8) is 0 Å². The smallest absolute Gasteiger partial charge is 0.240 e. The van der Waals surface area contributed by atoms with Crippen molar-refractivity contribution in [1.82, 2.24) is 4.72 Å². The first-order chi connectivity index (χ1) is 9.03. The number of sulfonamides is 1. The lowest BCUT2D eigenvalue weighted by molar-refractivity contribution is 0.0774. The van der Waals surface area contributed by atoms with E-state index in [2.05, 4.69) is 4.72 Å². The minimum Gasteiger partial charge on any atom is -0.380 e. The van der Waals surface area contributed by atoms with Crippen molar-refractivity contribution in [3.8, 4) is 0 Å². The highest BCUT2D eigenvalue weighted by Crippen LogP contribution is 2.16. The number of nitrogens with one attached hydrogen (secondary N) is 1. The third-order valence-electron chi connectivity index (χ3n) is 3.03. The molecular formula is C12H17FN2O3S. The van der Waals surface area contributed by atoms with Gasteiger partial charge in [-0.05, 0) is 31.0 Å². The normalized spacial score (nSPS) is 20.4. The largest absolute Gasteiger partial charge is 0.380 e. The van der Waals surface area contributed by atoms with Crippen LogP contribution in [0.15, 0.2) is 23.1 Å². The van der Waals surface area contributed by atoms with Gasteiger partial charge >= 0.3 is 0 Å². The van der Waals surface area contributed by atoms with Crippen LogP contribution in [0.25, 0.3) is 0 Å². The molecule has 0 spiro atoms. The van der Waals surface area contributed by atoms with Gasteiger partial charge in [0.1, 0.15) is 5.82 Å². The van der Waals surface area contributed by atoms with Crippen LogP contribution in [0.1, 0.15) is 18.4 Å². The second-order valence-electron chi connectivity index (χ2n) is 4.49. The standard InChI is InChI=1S/C12H17FN2O3S/c13-12-4-3-11(6-9(12)7-14)19(16,17)15-10-2-1-5-18-8-10/h3-4,6,10,15H,1-2,5,7-8,14H2. The summed E-state index contributed by atoms with van der Waals surface area (Å²) >= 11 is 0. The molecule has 1 aliphatic heterocycles. The first kappa shape index (κ1) is 14.4. The molecule has 5 nitrogen and oxygen atoms in total. The number of rotatable bonds is 4. The van der Waals surface area contributed by atoms with E-state index in [0.29, 0.717) is 13.2 Å². The van der Waals surface area contributed by atoms with Gasteiger partial charge in [-0.3, -0.25) is 0 Å². The van der Waals surface area contributed by atoms with Gasteiger partial charge < -0.3 is 10.5 Å². The Labute approximate surface area is 112 Å². The third-order valence-corrected chi connectivity index (χ3v) is 4.55. The van der Waals surface area contributed by atoms with Crippen molar-refractivity contribution >= 4 is 10.0 Å². The Hall–Kier alpha value is -1.02. The van der Waals surface area contributed by atoms with E-state index in [-0.39, 0.29) is 23.0 Å². The van der Waals surface area contributed by atoms with Crippen molar-refractivity contribution in [2.45, 2.75) is 30.3 Å². The Kier molecular flexibility index (Phi) is 4.51. The molecule has 1 aromatic carbocycles. The van der Waals surface area contributed by atoms with E-state index in [1.165, 1.54) is 12.1 Å². The van der Waals surface area contributed by atoms with Crippen molar-refractivity contribution in [1.29, 1.82) is 0 Å². The lowest BCUT2D eigenvalue weighted by Crippen LogP contribution is -2.40. The Balaban J connectivity index is 2.18. The fraction of sp³-hybridized carbons (Fsp3) is 0.500. The molecule has 0 radical (unpaired) electrons. The Bertz CT molecular complexity index is 542. The van der Waals surface area contributed by atoms with E-state index in [1.807, 2.05) is 0 Å². The van der Waals surface area contributed by atoms with Gasteiger partial charge in [0.05, 0.1) is 11.5 Å². The summed E-state index contributed by atoms with van der Waals surface area (Å²) < 4.78 is 45.4. The molecule has 1 aliphatic rings. The number of nitrogens with two attached hydrogens (primary N) is 1. The van der Waals surface area contributed by atoms with E-state index in [4.69, 9.17) is 10.5 Å². The summed E-state index contributed by atoms with van der Waals surface area (Å²) in [4.78, 5) is 0.0277. The highest BCUT2D eigenvalue weighted by Gasteiger charge is 2.22. The Morgan fingerprint density at radius 3 is 2.89 bits per heavy atom. The molecule has 0 aromatic heterocycles. The van der Waals surface area contributed by atoms with Gasteiger partial charge in [-0.25, -0.2) is 17.5 Å². The minimum atomic E-state index is -3.66. The van der Waals surface area contributed by atoms with Crippen molar-refractivity contribution in [3.05, 3.63) is 29.6 Å². The second-order valence-corrected chi connectivity index (χ2v) is 6.21. The fourth-order valence-corrected chi connectivity index (χ4v) is 3.30. The first-order valence-corrected chi connectivity index (χ1v) is 7.60. The van der Waals surface area contributed by atoms with Crippen molar-refractivity contribution in [2.24, 2.45) is 5.73 Å². The van der Waals surface area contributed by atoms with Gasteiger partial charge in [-0.15, -0.1) is 0 Å². The van der Waals surface area contributed by atoms with Gasteiger partial charge in [0.2, 0.25) is 10.0 Å². The fourth-order valence-electron chi connectivity index (χ4n) is 2.00. The summed E-state index contributed by atoms with van der Waals surface area (Å²) in [7, 11) is -3.66. The summed E-state index contributed by atoms with van der Waals surface area (Å²) in [5.41, 5.74) is 5.55. The first-order valence-electron chi connectivity index (χ1n) is 6.11. The maximum atomic E-state index is 13.3. The van der Waals surface area contributed by atoms with Gasteiger partial charge in [-0.2, -0.15) is 0 Å². The SMILES string of the molecule is NCc1cc(S(=O)(=O)NC2CCCOC2)ccc1F. The summed E-state index contributed by atoms with van der Waals surface area (Å²) in [6, 6.07) is 3.39. The Morgan fingerprint density at radius 1 is 1.47 bits per heavy atom. The number of hydrogen-bond donors (Lipinski definition) is 2. The van der Waals surface area contributed by atoms with E-state index in [0.717, 1.165) is 18.9 Å². The third kappa shape index (κ3) is 3.50. The lowest BCUT2D eigenvalue weighted by atomic mass is 10.1. The zero-order valence-corrected chi connectivity index (χ0v) is 11.2. The van der Waals surface area contributed by atoms with Crippen molar-refractivity contribution < 1.29 is 17.5 Å². The van der Waals surface area contributed by atoms with Gasteiger partial charge in [-0.1, -0.05) is 0 Å². The number of halogens is 1. The summed E-state index contributed by atoms with van der Waals surface area (Å²) in [5, 5.41) is 0. The van der Waals surface area contributed by atoms with Crippen LogP contribution in [0.5, 0.6) is 0 Å². The molecule has 1 unspecified atom stereocenters. The molecule has 2 rings (SSSR count). The van der Waals surface area contributed by atoms with Crippen LogP contribution in [0.2, 0.25) is 0 Å². The average molecular weight is 288 g/mol. The van der Waals surface area contributed by atoms with Crippen LogP contribution in [-0.4, -0.2) is 27.7 Å². The molecule has 7 heteroatoms. The molecule has 0 aliphatic carbocycles. The van der Waals surface area contributed by atoms with Crippen LogP contribution < -0.4 is 10.5 Å². The molecule has 0 amide bonds. The van der Waals surface area contributed by atoms with Crippen molar-refractivity contribution in [2.75, 3.05) is 13.2 Å².